The second-order valence-corrected chi connectivity index (χ2v) is 4.39. The van der Waals surface area contributed by atoms with Gasteiger partial charge in [-0.2, -0.15) is 0 Å². The highest BCUT2D eigenvalue weighted by molar-refractivity contribution is 6.21. The fourth-order valence-corrected chi connectivity index (χ4v) is 1.57. The molecule has 0 aliphatic rings. The minimum atomic E-state index is -0.732. The van der Waals surface area contributed by atoms with Crippen LogP contribution in [0.25, 0.3) is 0 Å². The van der Waals surface area contributed by atoms with Crippen LogP contribution < -0.4 is 5.32 Å². The van der Waals surface area contributed by atoms with Crippen LogP contribution in [-0.2, 0) is 16.0 Å². The maximum atomic E-state index is 13.3. The topological polar surface area (TPSA) is 38.3 Å². The van der Waals surface area contributed by atoms with E-state index in [1.807, 2.05) is 0 Å². The summed E-state index contributed by atoms with van der Waals surface area (Å²) in [7, 11) is 1.51. The number of methoxy groups -OCH3 is 1. The number of hydrogen-bond acceptors (Lipinski definition) is 2. The van der Waals surface area contributed by atoms with E-state index in [1.165, 1.54) is 13.2 Å². The Labute approximate surface area is 109 Å². The molecule has 0 spiro atoms. The van der Waals surface area contributed by atoms with Crippen molar-refractivity contribution in [2.24, 2.45) is 0 Å². The molecule has 0 bridgehead atoms. The zero-order valence-electron chi connectivity index (χ0n) is 9.88. The molecule has 0 heterocycles. The van der Waals surface area contributed by atoms with Crippen molar-refractivity contribution in [3.63, 3.8) is 0 Å². The molecule has 100 valence electrons. The Morgan fingerprint density at radius 3 is 2.83 bits per heavy atom. The summed E-state index contributed by atoms with van der Waals surface area (Å²) in [6.07, 6.45) is -0.150. The summed E-state index contributed by atoms with van der Waals surface area (Å²) in [5.41, 5.74) is 0.145. The van der Waals surface area contributed by atoms with Crippen molar-refractivity contribution in [1.29, 1.82) is 0 Å². The number of carbonyl (C=O) groups is 1. The Morgan fingerprint density at radius 1 is 1.50 bits per heavy atom. The van der Waals surface area contributed by atoms with E-state index in [4.69, 9.17) is 16.3 Å². The third-order valence-electron chi connectivity index (χ3n) is 2.23. The largest absolute Gasteiger partial charge is 0.383 e. The zero-order chi connectivity index (χ0) is 13.5. The SMILES string of the molecule is COCC(Cl)CNC(=O)Cc1ccc(F)cc1F. The van der Waals surface area contributed by atoms with Crippen LogP contribution in [0.2, 0.25) is 0 Å². The van der Waals surface area contributed by atoms with Crippen molar-refractivity contribution in [3.05, 3.63) is 35.4 Å². The van der Waals surface area contributed by atoms with E-state index in [0.29, 0.717) is 6.61 Å². The highest BCUT2D eigenvalue weighted by Gasteiger charge is 2.11. The van der Waals surface area contributed by atoms with Crippen molar-refractivity contribution in [1.82, 2.24) is 5.32 Å². The minimum Gasteiger partial charge on any atom is -0.383 e. The first-order chi connectivity index (χ1) is 8.52. The van der Waals surface area contributed by atoms with Gasteiger partial charge in [0.2, 0.25) is 5.91 Å². The van der Waals surface area contributed by atoms with E-state index in [2.05, 4.69) is 5.32 Å². The van der Waals surface area contributed by atoms with Crippen LogP contribution in [0.15, 0.2) is 18.2 Å². The van der Waals surface area contributed by atoms with Crippen molar-refractivity contribution < 1.29 is 18.3 Å². The molecule has 0 aromatic heterocycles. The molecule has 0 fully saturated rings. The molecule has 0 radical (unpaired) electrons. The first kappa shape index (κ1) is 14.9. The second kappa shape index (κ2) is 7.28. The van der Waals surface area contributed by atoms with Gasteiger partial charge >= 0.3 is 0 Å². The molecule has 1 aromatic carbocycles. The van der Waals surface area contributed by atoms with E-state index in [-0.39, 0.29) is 29.8 Å². The van der Waals surface area contributed by atoms with Crippen molar-refractivity contribution in [2.45, 2.75) is 11.8 Å². The predicted octanol–water partition coefficient (Wildman–Crippen LogP) is 1.88. The highest BCUT2D eigenvalue weighted by atomic mass is 35.5. The summed E-state index contributed by atoms with van der Waals surface area (Å²) in [5.74, 6) is -1.77. The van der Waals surface area contributed by atoms with Gasteiger partial charge in [-0.15, -0.1) is 11.6 Å². The standard InChI is InChI=1S/C12H14ClF2NO2/c1-18-7-9(13)6-16-12(17)4-8-2-3-10(14)5-11(8)15/h2-3,5,9H,4,6-7H2,1H3,(H,16,17). The molecule has 3 nitrogen and oxygen atoms in total. The molecule has 1 atom stereocenters. The van der Waals surface area contributed by atoms with Gasteiger partial charge in [-0.05, 0) is 11.6 Å². The van der Waals surface area contributed by atoms with Gasteiger partial charge in [0.05, 0.1) is 18.4 Å². The van der Waals surface area contributed by atoms with E-state index in [1.54, 1.807) is 0 Å². The van der Waals surface area contributed by atoms with Crippen LogP contribution in [0.5, 0.6) is 0 Å². The smallest absolute Gasteiger partial charge is 0.224 e. The average Bonchev–Trinajstić information content (AvgIpc) is 2.31. The lowest BCUT2D eigenvalue weighted by Gasteiger charge is -2.10. The fraction of sp³-hybridized carbons (Fsp3) is 0.417. The molecule has 0 saturated heterocycles. The maximum absolute atomic E-state index is 13.3. The van der Waals surface area contributed by atoms with Crippen LogP contribution in [0.4, 0.5) is 8.78 Å². The molecule has 0 saturated carbocycles. The molecule has 1 unspecified atom stereocenters. The lowest BCUT2D eigenvalue weighted by atomic mass is 10.1. The Kier molecular flexibility index (Phi) is 6.01. The average molecular weight is 278 g/mol. The van der Waals surface area contributed by atoms with Crippen LogP contribution in [-0.4, -0.2) is 31.5 Å². The molecule has 1 aromatic rings. The number of ether oxygens (including phenoxy) is 1. The molecule has 1 amide bonds. The number of benzene rings is 1. The van der Waals surface area contributed by atoms with E-state index in [0.717, 1.165) is 12.1 Å². The van der Waals surface area contributed by atoms with Crippen molar-refractivity contribution >= 4 is 17.5 Å². The molecule has 18 heavy (non-hydrogen) atoms. The number of carbonyl (C=O) groups excluding carboxylic acids is 1. The first-order valence-corrected chi connectivity index (χ1v) is 5.80. The number of amides is 1. The molecule has 1 N–H and O–H groups in total. The summed E-state index contributed by atoms with van der Waals surface area (Å²) in [6.45, 7) is 0.545. The van der Waals surface area contributed by atoms with Gasteiger partial charge in [0.25, 0.3) is 0 Å². The number of nitrogens with one attached hydrogen (secondary N) is 1. The predicted molar refractivity (Wildman–Crippen MR) is 64.6 cm³/mol. The van der Waals surface area contributed by atoms with Crippen molar-refractivity contribution in [3.8, 4) is 0 Å². The van der Waals surface area contributed by atoms with Gasteiger partial charge in [-0.25, -0.2) is 8.78 Å². The van der Waals surface area contributed by atoms with E-state index >= 15 is 0 Å². The third-order valence-corrected chi connectivity index (χ3v) is 2.51. The van der Waals surface area contributed by atoms with Gasteiger partial charge < -0.3 is 10.1 Å². The summed E-state index contributed by atoms with van der Waals surface area (Å²) in [5, 5.41) is 2.21. The van der Waals surface area contributed by atoms with Gasteiger partial charge in [0, 0.05) is 19.7 Å². The normalized spacial score (nSPS) is 12.2. The van der Waals surface area contributed by atoms with Gasteiger partial charge in [0.1, 0.15) is 11.6 Å². The lowest BCUT2D eigenvalue weighted by Crippen LogP contribution is -2.32. The Hall–Kier alpha value is -1.20. The Balaban J connectivity index is 2.44. The molecular weight excluding hydrogens is 264 g/mol. The lowest BCUT2D eigenvalue weighted by molar-refractivity contribution is -0.120. The van der Waals surface area contributed by atoms with Crippen LogP contribution in [0.3, 0.4) is 0 Å². The van der Waals surface area contributed by atoms with Crippen molar-refractivity contribution in [2.75, 3.05) is 20.3 Å². The highest BCUT2D eigenvalue weighted by Crippen LogP contribution is 2.10. The van der Waals surface area contributed by atoms with Gasteiger partial charge in [-0.1, -0.05) is 6.07 Å². The number of rotatable bonds is 6. The summed E-state index contributed by atoms with van der Waals surface area (Å²) in [4.78, 5) is 11.5. The quantitative estimate of drug-likeness (QED) is 0.807. The zero-order valence-corrected chi connectivity index (χ0v) is 10.6. The fourth-order valence-electron chi connectivity index (χ4n) is 1.36. The Morgan fingerprint density at radius 2 is 2.22 bits per heavy atom. The number of alkyl halides is 1. The maximum Gasteiger partial charge on any atom is 0.224 e. The monoisotopic (exact) mass is 277 g/mol. The Bertz CT molecular complexity index is 415. The minimum absolute atomic E-state index is 0.145. The summed E-state index contributed by atoms with van der Waals surface area (Å²) in [6, 6.07) is 3.11. The molecule has 1 rings (SSSR count). The molecular formula is C12H14ClF2NO2. The molecule has 0 aliphatic heterocycles. The van der Waals surface area contributed by atoms with Crippen LogP contribution >= 0.6 is 11.6 Å². The summed E-state index contributed by atoms with van der Waals surface area (Å²) < 4.78 is 30.7. The van der Waals surface area contributed by atoms with Crippen LogP contribution in [0.1, 0.15) is 5.56 Å². The number of halogens is 3. The first-order valence-electron chi connectivity index (χ1n) is 5.36. The van der Waals surface area contributed by atoms with E-state index in [9.17, 15) is 13.6 Å². The summed E-state index contributed by atoms with van der Waals surface area (Å²) >= 11 is 5.82. The second-order valence-electron chi connectivity index (χ2n) is 3.77. The number of hydrogen-bond donors (Lipinski definition) is 1. The molecule has 0 aliphatic carbocycles. The van der Waals surface area contributed by atoms with E-state index < -0.39 is 11.6 Å². The molecule has 6 heteroatoms. The third kappa shape index (κ3) is 4.98. The van der Waals surface area contributed by atoms with Gasteiger partial charge in [0.15, 0.2) is 0 Å². The van der Waals surface area contributed by atoms with Crippen LogP contribution in [0, 0.1) is 11.6 Å². The van der Waals surface area contributed by atoms with Gasteiger partial charge in [-0.3, -0.25) is 4.79 Å².